The normalized spacial score (nSPS) is 15.5. The fourth-order valence-electron chi connectivity index (χ4n) is 4.12. The van der Waals surface area contributed by atoms with Gasteiger partial charge in [0.2, 0.25) is 11.9 Å². The van der Waals surface area contributed by atoms with Crippen molar-refractivity contribution in [2.75, 3.05) is 12.4 Å². The van der Waals surface area contributed by atoms with Crippen LogP contribution >= 0.6 is 0 Å². The number of benzene rings is 3. The Labute approximate surface area is 179 Å². The van der Waals surface area contributed by atoms with Gasteiger partial charge in [-0.3, -0.25) is 4.79 Å². The number of carbonyl (C=O) groups excluding carboxylic acids is 1. The van der Waals surface area contributed by atoms with Crippen LogP contribution in [-0.2, 0) is 4.79 Å². The van der Waals surface area contributed by atoms with Crippen molar-refractivity contribution < 1.29 is 9.53 Å². The van der Waals surface area contributed by atoms with Gasteiger partial charge in [-0.1, -0.05) is 54.6 Å². The molecule has 0 radical (unpaired) electrons. The molecular formula is C24H21N5O2. The zero-order valence-electron chi connectivity index (χ0n) is 17.2. The van der Waals surface area contributed by atoms with Crippen molar-refractivity contribution in [3.05, 3.63) is 83.6 Å². The van der Waals surface area contributed by atoms with Gasteiger partial charge in [0.25, 0.3) is 0 Å². The third-order valence-electron chi connectivity index (χ3n) is 5.56. The number of methoxy groups -OCH3 is 1. The number of hydrogen-bond acceptors (Lipinski definition) is 5. The molecule has 0 aliphatic carbocycles. The summed E-state index contributed by atoms with van der Waals surface area (Å²) in [5.41, 5.74) is 8.63. The van der Waals surface area contributed by atoms with Crippen LogP contribution in [0.2, 0.25) is 0 Å². The van der Waals surface area contributed by atoms with Gasteiger partial charge in [-0.25, -0.2) is 4.68 Å². The summed E-state index contributed by atoms with van der Waals surface area (Å²) >= 11 is 0. The molecule has 0 saturated carbocycles. The van der Waals surface area contributed by atoms with Crippen molar-refractivity contribution >= 4 is 22.6 Å². The summed E-state index contributed by atoms with van der Waals surface area (Å²) in [5, 5.41) is 10.2. The number of fused-ring (bicyclic) bond motifs is 2. The van der Waals surface area contributed by atoms with Gasteiger partial charge in [0.1, 0.15) is 11.8 Å². The Hall–Kier alpha value is -4.13. The molecule has 7 nitrogen and oxygen atoms in total. The Morgan fingerprint density at radius 3 is 2.68 bits per heavy atom. The van der Waals surface area contributed by atoms with E-state index in [-0.39, 0.29) is 0 Å². The standard InChI is InChI=1S/C24H21N5O2/c1-14-20(22(25)30)21(16-9-5-10-17(13-16)31-2)29-24(26-14)27-23(28-29)19-12-6-8-15-7-3-4-11-18(15)19/h3-13,21H,1-2H3,(H2,25,30)(H,26,27,28). The molecule has 1 aliphatic rings. The predicted molar refractivity (Wildman–Crippen MR) is 120 cm³/mol. The van der Waals surface area contributed by atoms with Crippen molar-refractivity contribution in [3.8, 4) is 17.1 Å². The van der Waals surface area contributed by atoms with Crippen molar-refractivity contribution in [1.29, 1.82) is 0 Å². The molecule has 154 valence electrons. The first kappa shape index (κ1) is 18.9. The second kappa shape index (κ2) is 7.28. The Morgan fingerprint density at radius 1 is 1.10 bits per heavy atom. The lowest BCUT2D eigenvalue weighted by Gasteiger charge is -2.27. The molecule has 31 heavy (non-hydrogen) atoms. The van der Waals surface area contributed by atoms with E-state index in [0.717, 1.165) is 21.9 Å². The molecule has 0 bridgehead atoms. The number of anilines is 1. The molecule has 1 aromatic heterocycles. The molecule has 0 fully saturated rings. The van der Waals surface area contributed by atoms with Crippen molar-refractivity contribution in [3.63, 3.8) is 0 Å². The number of amides is 1. The Bertz CT molecular complexity index is 1350. The molecule has 3 aromatic carbocycles. The summed E-state index contributed by atoms with van der Waals surface area (Å²) in [6.07, 6.45) is 0. The second-order valence-corrected chi connectivity index (χ2v) is 7.44. The minimum Gasteiger partial charge on any atom is -0.497 e. The van der Waals surface area contributed by atoms with Gasteiger partial charge in [-0.05, 0) is 35.4 Å². The number of nitrogens with one attached hydrogen (secondary N) is 1. The summed E-state index contributed by atoms with van der Waals surface area (Å²) in [6, 6.07) is 21.2. The Kier molecular flexibility index (Phi) is 4.43. The summed E-state index contributed by atoms with van der Waals surface area (Å²) < 4.78 is 7.11. The molecule has 1 aliphatic heterocycles. The molecule has 1 amide bonds. The van der Waals surface area contributed by atoms with E-state index in [9.17, 15) is 4.79 Å². The summed E-state index contributed by atoms with van der Waals surface area (Å²) in [6.45, 7) is 1.82. The molecular weight excluding hydrogens is 390 g/mol. The van der Waals surface area contributed by atoms with E-state index in [2.05, 4.69) is 23.5 Å². The predicted octanol–water partition coefficient (Wildman–Crippen LogP) is 3.88. The van der Waals surface area contributed by atoms with Crippen LogP contribution in [0.5, 0.6) is 5.75 Å². The van der Waals surface area contributed by atoms with Gasteiger partial charge in [0, 0.05) is 11.3 Å². The SMILES string of the molecule is COc1cccc(C2C(C(N)=O)=C(C)Nc3nc(-c4cccc5ccccc45)nn32)c1. The molecule has 5 rings (SSSR count). The molecule has 1 unspecified atom stereocenters. The van der Waals surface area contributed by atoms with Gasteiger partial charge in [0.05, 0.1) is 12.7 Å². The van der Waals surface area contributed by atoms with Crippen LogP contribution in [-0.4, -0.2) is 27.8 Å². The molecule has 0 spiro atoms. The zero-order chi connectivity index (χ0) is 21.5. The number of allylic oxidation sites excluding steroid dienone is 1. The number of carbonyl (C=O) groups is 1. The zero-order valence-corrected chi connectivity index (χ0v) is 17.2. The summed E-state index contributed by atoms with van der Waals surface area (Å²) in [5.74, 6) is 1.31. The Morgan fingerprint density at radius 2 is 1.87 bits per heavy atom. The van der Waals surface area contributed by atoms with E-state index in [1.807, 2.05) is 55.5 Å². The van der Waals surface area contributed by atoms with E-state index in [0.29, 0.717) is 28.8 Å². The monoisotopic (exact) mass is 411 g/mol. The quantitative estimate of drug-likeness (QED) is 0.531. The van der Waals surface area contributed by atoms with Crippen LogP contribution in [0.15, 0.2) is 78.0 Å². The molecule has 3 N–H and O–H groups in total. The molecule has 1 atom stereocenters. The number of primary amides is 1. The first-order valence-electron chi connectivity index (χ1n) is 9.93. The van der Waals surface area contributed by atoms with Crippen LogP contribution in [0, 0.1) is 0 Å². The summed E-state index contributed by atoms with van der Waals surface area (Å²) in [4.78, 5) is 17.2. The molecule has 0 saturated heterocycles. The van der Waals surface area contributed by atoms with Crippen LogP contribution in [0.25, 0.3) is 22.2 Å². The van der Waals surface area contributed by atoms with Gasteiger partial charge in [-0.15, -0.1) is 5.10 Å². The second-order valence-electron chi connectivity index (χ2n) is 7.44. The third kappa shape index (κ3) is 3.11. The number of aromatic nitrogens is 3. The minimum absolute atomic E-state index is 0.440. The lowest BCUT2D eigenvalue weighted by molar-refractivity contribution is -0.115. The lowest BCUT2D eigenvalue weighted by atomic mass is 9.95. The van der Waals surface area contributed by atoms with E-state index < -0.39 is 11.9 Å². The first-order valence-corrected chi connectivity index (χ1v) is 9.93. The van der Waals surface area contributed by atoms with Crippen LogP contribution < -0.4 is 15.8 Å². The fourth-order valence-corrected chi connectivity index (χ4v) is 4.12. The van der Waals surface area contributed by atoms with Gasteiger partial charge >= 0.3 is 0 Å². The average molecular weight is 411 g/mol. The molecule has 7 heteroatoms. The number of hydrogen-bond donors (Lipinski definition) is 2. The maximum Gasteiger partial charge on any atom is 0.248 e. The van der Waals surface area contributed by atoms with Gasteiger partial charge in [0.15, 0.2) is 5.82 Å². The maximum absolute atomic E-state index is 12.4. The highest BCUT2D eigenvalue weighted by molar-refractivity contribution is 5.96. The Balaban J connectivity index is 1.71. The van der Waals surface area contributed by atoms with Crippen LogP contribution in [0.1, 0.15) is 18.5 Å². The highest BCUT2D eigenvalue weighted by atomic mass is 16.5. The van der Waals surface area contributed by atoms with Crippen LogP contribution in [0.4, 0.5) is 5.95 Å². The number of nitrogens with two attached hydrogens (primary N) is 1. The molecule has 4 aromatic rings. The van der Waals surface area contributed by atoms with E-state index >= 15 is 0 Å². The van der Waals surface area contributed by atoms with Crippen LogP contribution in [0.3, 0.4) is 0 Å². The van der Waals surface area contributed by atoms with E-state index in [1.165, 1.54) is 0 Å². The van der Waals surface area contributed by atoms with Crippen molar-refractivity contribution in [2.45, 2.75) is 13.0 Å². The smallest absolute Gasteiger partial charge is 0.248 e. The number of nitrogens with zero attached hydrogens (tertiary/aromatic N) is 3. The van der Waals surface area contributed by atoms with Crippen molar-refractivity contribution in [1.82, 2.24) is 14.8 Å². The summed E-state index contributed by atoms with van der Waals surface area (Å²) in [7, 11) is 1.61. The van der Waals surface area contributed by atoms with Crippen molar-refractivity contribution in [2.24, 2.45) is 5.73 Å². The number of ether oxygens (including phenoxy) is 1. The topological polar surface area (TPSA) is 95.1 Å². The highest BCUT2D eigenvalue weighted by Gasteiger charge is 2.33. The lowest BCUT2D eigenvalue weighted by Crippen LogP contribution is -2.31. The maximum atomic E-state index is 12.4. The first-order chi connectivity index (χ1) is 15.1. The van der Waals surface area contributed by atoms with Gasteiger partial charge < -0.3 is 15.8 Å². The average Bonchev–Trinajstić information content (AvgIpc) is 3.20. The highest BCUT2D eigenvalue weighted by Crippen LogP contribution is 2.37. The molecule has 2 heterocycles. The fraction of sp³-hybridized carbons (Fsp3) is 0.125. The largest absolute Gasteiger partial charge is 0.497 e. The van der Waals surface area contributed by atoms with E-state index in [1.54, 1.807) is 11.8 Å². The van der Waals surface area contributed by atoms with E-state index in [4.69, 9.17) is 20.6 Å². The third-order valence-corrected chi connectivity index (χ3v) is 5.56. The number of rotatable bonds is 4. The van der Waals surface area contributed by atoms with Gasteiger partial charge in [-0.2, -0.15) is 4.98 Å². The minimum atomic E-state index is -0.514.